The van der Waals surface area contributed by atoms with Crippen molar-refractivity contribution in [3.05, 3.63) is 28.8 Å². The number of anilines is 1. The van der Waals surface area contributed by atoms with Crippen molar-refractivity contribution >= 4 is 11.8 Å². The van der Waals surface area contributed by atoms with Gasteiger partial charge in [0, 0.05) is 12.7 Å². The molecule has 1 aromatic carbocycles. The Balaban J connectivity index is 2.43. The number of carboxylic acid groups (broad SMARTS) is 1. The number of rotatable bonds is 2. The van der Waals surface area contributed by atoms with Gasteiger partial charge in [0.25, 0.3) is 0 Å². The van der Waals surface area contributed by atoms with Crippen LogP contribution in [-0.4, -0.2) is 22.9 Å². The van der Waals surface area contributed by atoms with Crippen molar-refractivity contribution < 1.29 is 23.8 Å². The van der Waals surface area contributed by atoms with E-state index in [1.807, 2.05) is 5.32 Å². The number of aliphatic hydroxyl groups is 1. The zero-order valence-corrected chi connectivity index (χ0v) is 8.83. The fourth-order valence-electron chi connectivity index (χ4n) is 2.13. The summed E-state index contributed by atoms with van der Waals surface area (Å²) in [6.07, 6.45) is -0.939. The largest absolute Gasteiger partial charge is 0.465 e. The van der Waals surface area contributed by atoms with E-state index in [1.54, 1.807) is 0 Å². The second-order valence-corrected chi connectivity index (χ2v) is 4.06. The van der Waals surface area contributed by atoms with Gasteiger partial charge in [-0.15, -0.1) is 0 Å². The molecule has 0 heterocycles. The van der Waals surface area contributed by atoms with Crippen LogP contribution in [0.4, 0.5) is 19.3 Å². The van der Waals surface area contributed by atoms with E-state index in [0.29, 0.717) is 0 Å². The highest BCUT2D eigenvalue weighted by Gasteiger charge is 2.29. The lowest BCUT2D eigenvalue weighted by Crippen LogP contribution is -2.11. The van der Waals surface area contributed by atoms with E-state index in [2.05, 4.69) is 0 Å². The SMILES string of the molecule is O=C(O)Nc1cc(F)c2c(c1F)CC(CO)C2. The lowest BCUT2D eigenvalue weighted by Gasteiger charge is -2.08. The predicted molar refractivity (Wildman–Crippen MR) is 56.0 cm³/mol. The van der Waals surface area contributed by atoms with Crippen LogP contribution in [-0.2, 0) is 12.8 Å². The zero-order valence-electron chi connectivity index (χ0n) is 8.83. The molecule has 1 amide bonds. The molecule has 2 rings (SSSR count). The summed E-state index contributed by atoms with van der Waals surface area (Å²) in [5, 5.41) is 19.3. The van der Waals surface area contributed by atoms with Gasteiger partial charge in [-0.3, -0.25) is 5.32 Å². The first-order chi connectivity index (χ1) is 8.02. The number of hydrogen-bond acceptors (Lipinski definition) is 2. The number of benzene rings is 1. The fraction of sp³-hybridized carbons (Fsp3) is 0.364. The van der Waals surface area contributed by atoms with Crippen molar-refractivity contribution in [2.75, 3.05) is 11.9 Å². The average molecular weight is 243 g/mol. The van der Waals surface area contributed by atoms with E-state index in [9.17, 15) is 13.6 Å². The van der Waals surface area contributed by atoms with Crippen LogP contribution in [0.3, 0.4) is 0 Å². The fourth-order valence-corrected chi connectivity index (χ4v) is 2.13. The van der Waals surface area contributed by atoms with Crippen molar-refractivity contribution in [2.45, 2.75) is 12.8 Å². The van der Waals surface area contributed by atoms with Crippen molar-refractivity contribution in [2.24, 2.45) is 5.92 Å². The van der Waals surface area contributed by atoms with Gasteiger partial charge in [0.05, 0.1) is 5.69 Å². The second-order valence-electron chi connectivity index (χ2n) is 4.06. The molecule has 3 N–H and O–H groups in total. The topological polar surface area (TPSA) is 69.6 Å². The molecular weight excluding hydrogens is 232 g/mol. The number of aliphatic hydroxyl groups excluding tert-OH is 1. The Bertz CT molecular complexity index is 476. The van der Waals surface area contributed by atoms with Crippen LogP contribution in [0.25, 0.3) is 0 Å². The van der Waals surface area contributed by atoms with Gasteiger partial charge in [-0.25, -0.2) is 13.6 Å². The Labute approximate surface area is 95.9 Å². The Morgan fingerprint density at radius 3 is 2.65 bits per heavy atom. The molecule has 1 aliphatic rings. The first-order valence-corrected chi connectivity index (χ1v) is 5.13. The molecule has 0 fully saturated rings. The molecule has 0 saturated heterocycles. The quantitative estimate of drug-likeness (QED) is 0.741. The van der Waals surface area contributed by atoms with Crippen molar-refractivity contribution in [1.82, 2.24) is 0 Å². The Hall–Kier alpha value is -1.69. The zero-order chi connectivity index (χ0) is 12.6. The van der Waals surface area contributed by atoms with Crippen LogP contribution in [0.5, 0.6) is 0 Å². The minimum absolute atomic E-state index is 0.144. The Kier molecular flexibility index (Phi) is 2.97. The molecule has 92 valence electrons. The number of nitrogens with one attached hydrogen (secondary N) is 1. The predicted octanol–water partition coefficient (Wildman–Crippen LogP) is 1.76. The summed E-state index contributed by atoms with van der Waals surface area (Å²) in [6.45, 7) is -0.144. The van der Waals surface area contributed by atoms with E-state index in [4.69, 9.17) is 10.2 Å². The number of fused-ring (bicyclic) bond motifs is 1. The minimum atomic E-state index is -1.44. The van der Waals surface area contributed by atoms with Gasteiger partial charge in [0.1, 0.15) is 11.6 Å². The van der Waals surface area contributed by atoms with E-state index in [0.717, 1.165) is 6.07 Å². The molecular formula is C11H11F2NO3. The van der Waals surface area contributed by atoms with Crippen LogP contribution in [0.15, 0.2) is 6.07 Å². The molecule has 1 aliphatic carbocycles. The van der Waals surface area contributed by atoms with Crippen LogP contribution in [0, 0.1) is 17.6 Å². The monoisotopic (exact) mass is 243 g/mol. The Morgan fingerprint density at radius 1 is 1.41 bits per heavy atom. The first-order valence-electron chi connectivity index (χ1n) is 5.13. The number of carbonyl (C=O) groups is 1. The molecule has 0 spiro atoms. The number of halogens is 2. The van der Waals surface area contributed by atoms with Crippen LogP contribution in [0.2, 0.25) is 0 Å². The average Bonchev–Trinajstić information content (AvgIpc) is 2.69. The maximum atomic E-state index is 13.8. The first kappa shape index (κ1) is 11.8. The smallest absolute Gasteiger partial charge is 0.409 e. The molecule has 1 atom stereocenters. The summed E-state index contributed by atoms with van der Waals surface area (Å²) in [5.41, 5.74) is 0.0117. The van der Waals surface area contributed by atoms with Crippen LogP contribution in [0.1, 0.15) is 11.1 Å². The lowest BCUT2D eigenvalue weighted by atomic mass is 10.1. The standard InChI is InChI=1S/C11H11F2NO3/c12-8-3-9(14-11(16)17)10(13)7-2-5(4-15)1-6(7)8/h3,5,14-15H,1-2,4H2,(H,16,17). The summed E-state index contributed by atoms with van der Waals surface area (Å²) < 4.78 is 27.5. The maximum absolute atomic E-state index is 13.8. The molecule has 0 aliphatic heterocycles. The molecule has 17 heavy (non-hydrogen) atoms. The van der Waals surface area contributed by atoms with Gasteiger partial charge in [0.15, 0.2) is 0 Å². The summed E-state index contributed by atoms with van der Waals surface area (Å²) in [4.78, 5) is 10.4. The summed E-state index contributed by atoms with van der Waals surface area (Å²) >= 11 is 0. The van der Waals surface area contributed by atoms with Gasteiger partial charge in [0.2, 0.25) is 0 Å². The third-order valence-corrected chi connectivity index (χ3v) is 2.91. The molecule has 4 nitrogen and oxygen atoms in total. The summed E-state index contributed by atoms with van der Waals surface area (Å²) in [7, 11) is 0. The minimum Gasteiger partial charge on any atom is -0.465 e. The van der Waals surface area contributed by atoms with E-state index < -0.39 is 17.7 Å². The maximum Gasteiger partial charge on any atom is 0.409 e. The van der Waals surface area contributed by atoms with Gasteiger partial charge in [-0.05, 0) is 29.9 Å². The van der Waals surface area contributed by atoms with E-state index >= 15 is 0 Å². The highest BCUT2D eigenvalue weighted by atomic mass is 19.1. The number of amides is 1. The molecule has 0 saturated carbocycles. The number of hydrogen-bond donors (Lipinski definition) is 3. The van der Waals surface area contributed by atoms with Gasteiger partial charge < -0.3 is 10.2 Å². The van der Waals surface area contributed by atoms with E-state index in [-0.39, 0.29) is 42.2 Å². The molecule has 6 heteroatoms. The summed E-state index contributed by atoms with van der Waals surface area (Å²) in [5.74, 6) is -1.59. The molecule has 0 radical (unpaired) electrons. The Morgan fingerprint density at radius 2 is 2.06 bits per heavy atom. The lowest BCUT2D eigenvalue weighted by molar-refractivity contribution is 0.209. The van der Waals surface area contributed by atoms with Gasteiger partial charge in [-0.2, -0.15) is 0 Å². The molecule has 1 unspecified atom stereocenters. The third kappa shape index (κ3) is 2.08. The van der Waals surface area contributed by atoms with Crippen LogP contribution >= 0.6 is 0 Å². The van der Waals surface area contributed by atoms with Crippen molar-refractivity contribution in [3.8, 4) is 0 Å². The van der Waals surface area contributed by atoms with Crippen molar-refractivity contribution in [3.63, 3.8) is 0 Å². The molecule has 0 bridgehead atoms. The van der Waals surface area contributed by atoms with Crippen LogP contribution < -0.4 is 5.32 Å². The second kappa shape index (κ2) is 4.29. The molecule has 1 aromatic rings. The van der Waals surface area contributed by atoms with Gasteiger partial charge >= 0.3 is 6.09 Å². The third-order valence-electron chi connectivity index (χ3n) is 2.91. The van der Waals surface area contributed by atoms with Crippen molar-refractivity contribution in [1.29, 1.82) is 0 Å². The molecule has 0 aromatic heterocycles. The normalized spacial score (nSPS) is 17.9. The van der Waals surface area contributed by atoms with Gasteiger partial charge in [-0.1, -0.05) is 0 Å². The highest BCUT2D eigenvalue weighted by molar-refractivity contribution is 5.83. The van der Waals surface area contributed by atoms with E-state index in [1.165, 1.54) is 0 Å². The summed E-state index contributed by atoms with van der Waals surface area (Å²) in [6, 6.07) is 0.835. The highest BCUT2D eigenvalue weighted by Crippen LogP contribution is 2.34.